The van der Waals surface area contributed by atoms with E-state index in [0.717, 1.165) is 11.3 Å². The number of benzene rings is 1. The van der Waals surface area contributed by atoms with Crippen LogP contribution in [0.1, 0.15) is 34.9 Å². The molecule has 100 valence electrons. The Morgan fingerprint density at radius 2 is 2.21 bits per heavy atom. The number of fused-ring (bicyclic) bond motifs is 1. The Bertz CT molecular complexity index is 608. The van der Waals surface area contributed by atoms with Gasteiger partial charge < -0.3 is 10.4 Å². The highest BCUT2D eigenvalue weighted by Gasteiger charge is 2.22. The van der Waals surface area contributed by atoms with Crippen molar-refractivity contribution < 1.29 is 5.11 Å². The van der Waals surface area contributed by atoms with Crippen molar-refractivity contribution in [3.63, 3.8) is 0 Å². The summed E-state index contributed by atoms with van der Waals surface area (Å²) in [6.45, 7) is 1.93. The van der Waals surface area contributed by atoms with Crippen molar-refractivity contribution in [1.82, 2.24) is 0 Å². The van der Waals surface area contributed by atoms with Crippen LogP contribution in [-0.4, -0.2) is 5.11 Å². The van der Waals surface area contributed by atoms with Gasteiger partial charge in [0, 0.05) is 10.6 Å². The van der Waals surface area contributed by atoms with Crippen molar-refractivity contribution in [2.24, 2.45) is 0 Å². The lowest BCUT2D eigenvalue weighted by atomic mass is 9.94. The number of anilines is 1. The summed E-state index contributed by atoms with van der Waals surface area (Å²) in [5, 5.41) is 13.2. The molecule has 2 N–H and O–H groups in total. The van der Waals surface area contributed by atoms with Crippen LogP contribution in [0.4, 0.5) is 5.69 Å². The molecule has 0 fully saturated rings. The number of aromatic hydroxyl groups is 1. The van der Waals surface area contributed by atoms with E-state index in [1.54, 1.807) is 6.07 Å². The lowest BCUT2D eigenvalue weighted by Crippen LogP contribution is -2.15. The normalized spacial score (nSPS) is 18.1. The van der Waals surface area contributed by atoms with E-state index in [4.69, 9.17) is 0 Å². The highest BCUT2D eigenvalue weighted by molar-refractivity contribution is 14.1. The van der Waals surface area contributed by atoms with Gasteiger partial charge in [0.1, 0.15) is 5.75 Å². The molecule has 1 unspecified atom stereocenters. The van der Waals surface area contributed by atoms with Gasteiger partial charge in [-0.15, -0.1) is 11.3 Å². The van der Waals surface area contributed by atoms with Crippen molar-refractivity contribution in [2.75, 3.05) is 5.32 Å². The number of nitrogens with one attached hydrogen (secondary N) is 1. The van der Waals surface area contributed by atoms with Crippen LogP contribution < -0.4 is 5.32 Å². The molecular formula is C15H16INOS. The van der Waals surface area contributed by atoms with Gasteiger partial charge in [-0.25, -0.2) is 0 Å². The zero-order valence-corrected chi connectivity index (χ0v) is 13.7. The first kappa shape index (κ1) is 13.2. The predicted molar refractivity (Wildman–Crippen MR) is 89.2 cm³/mol. The summed E-state index contributed by atoms with van der Waals surface area (Å²) in [6.07, 6.45) is 3.65. The summed E-state index contributed by atoms with van der Waals surface area (Å²) in [7, 11) is 0. The third kappa shape index (κ3) is 2.74. The summed E-state index contributed by atoms with van der Waals surface area (Å²) in [6, 6.07) is 8.45. The number of rotatable bonds is 2. The molecular weight excluding hydrogens is 369 g/mol. The topological polar surface area (TPSA) is 32.3 Å². The highest BCUT2D eigenvalue weighted by Crippen LogP contribution is 2.38. The summed E-state index contributed by atoms with van der Waals surface area (Å²) in [5.74, 6) is 0.361. The summed E-state index contributed by atoms with van der Waals surface area (Å²) < 4.78 is 1.37. The molecule has 1 atom stereocenters. The van der Waals surface area contributed by atoms with Crippen LogP contribution in [0.2, 0.25) is 0 Å². The van der Waals surface area contributed by atoms with Gasteiger partial charge in [0.05, 0.1) is 8.93 Å². The van der Waals surface area contributed by atoms with E-state index in [0.29, 0.717) is 11.8 Å². The second-order valence-corrected chi connectivity index (χ2v) is 8.05. The summed E-state index contributed by atoms with van der Waals surface area (Å²) >= 11 is 4.33. The average molecular weight is 385 g/mol. The van der Waals surface area contributed by atoms with Crippen molar-refractivity contribution >= 4 is 39.6 Å². The molecule has 1 aromatic carbocycles. The highest BCUT2D eigenvalue weighted by atomic mass is 127. The van der Waals surface area contributed by atoms with Gasteiger partial charge in [-0.3, -0.25) is 0 Å². The number of halogens is 1. The molecule has 19 heavy (non-hydrogen) atoms. The maximum Gasteiger partial charge on any atom is 0.118 e. The maximum atomic E-state index is 9.58. The van der Waals surface area contributed by atoms with E-state index >= 15 is 0 Å². The Balaban J connectivity index is 1.86. The third-order valence-corrected chi connectivity index (χ3v) is 5.59. The smallest absolute Gasteiger partial charge is 0.118 e. The standard InChI is InChI=1S/C15H16INOS/c1-9-7-10(5-6-13(9)18)17-12-3-2-4-14-11(12)8-15(16)19-14/h5-8,12,17-18H,2-4H2,1H3. The largest absolute Gasteiger partial charge is 0.508 e. The van der Waals surface area contributed by atoms with Crippen molar-refractivity contribution in [1.29, 1.82) is 0 Å². The fraction of sp³-hybridized carbons (Fsp3) is 0.333. The van der Waals surface area contributed by atoms with Crippen molar-refractivity contribution in [3.05, 3.63) is 43.2 Å². The van der Waals surface area contributed by atoms with Crippen molar-refractivity contribution in [3.8, 4) is 5.75 Å². The van der Waals surface area contributed by atoms with E-state index in [9.17, 15) is 5.11 Å². The first-order valence-corrected chi connectivity index (χ1v) is 8.37. The molecule has 2 nitrogen and oxygen atoms in total. The number of thiophene rings is 1. The molecule has 0 saturated carbocycles. The SMILES string of the molecule is Cc1cc(NC2CCCc3sc(I)cc32)ccc1O. The van der Waals surface area contributed by atoms with Gasteiger partial charge >= 0.3 is 0 Å². The number of phenolic OH excluding ortho intramolecular Hbond substituents is 1. The van der Waals surface area contributed by atoms with E-state index in [1.165, 1.54) is 32.6 Å². The van der Waals surface area contributed by atoms with E-state index in [1.807, 2.05) is 30.4 Å². The molecule has 0 saturated heterocycles. The molecule has 1 heterocycles. The molecule has 2 aromatic rings. The minimum atomic E-state index is 0.361. The van der Waals surface area contributed by atoms with Crippen LogP contribution in [-0.2, 0) is 6.42 Å². The lowest BCUT2D eigenvalue weighted by molar-refractivity contribution is 0.471. The van der Waals surface area contributed by atoms with Crippen LogP contribution in [0.25, 0.3) is 0 Å². The molecule has 1 aliphatic carbocycles. The minimum Gasteiger partial charge on any atom is -0.508 e. The summed E-state index contributed by atoms with van der Waals surface area (Å²) in [5.41, 5.74) is 3.47. The van der Waals surface area contributed by atoms with Crippen LogP contribution in [0.15, 0.2) is 24.3 Å². The maximum absolute atomic E-state index is 9.58. The Morgan fingerprint density at radius 1 is 1.37 bits per heavy atom. The molecule has 3 rings (SSSR count). The fourth-order valence-electron chi connectivity index (χ4n) is 2.62. The van der Waals surface area contributed by atoms with Gasteiger partial charge in [0.2, 0.25) is 0 Å². The molecule has 0 aliphatic heterocycles. The predicted octanol–water partition coefficient (Wildman–Crippen LogP) is 4.86. The van der Waals surface area contributed by atoms with Gasteiger partial charge in [0.15, 0.2) is 0 Å². The average Bonchev–Trinajstić information content (AvgIpc) is 2.75. The van der Waals surface area contributed by atoms with Gasteiger partial charge in [-0.05, 0) is 84.2 Å². The lowest BCUT2D eigenvalue weighted by Gasteiger charge is -2.25. The van der Waals surface area contributed by atoms with Crippen LogP contribution in [0.5, 0.6) is 5.75 Å². The van der Waals surface area contributed by atoms with Gasteiger partial charge in [-0.2, -0.15) is 0 Å². The second kappa shape index (κ2) is 5.32. The Labute approximate surface area is 131 Å². The van der Waals surface area contributed by atoms with E-state index in [-0.39, 0.29) is 0 Å². The van der Waals surface area contributed by atoms with Gasteiger partial charge in [-0.1, -0.05) is 0 Å². The number of aryl methyl sites for hydroxylation is 2. The Kier molecular flexibility index (Phi) is 3.71. The van der Waals surface area contributed by atoms with Crippen LogP contribution >= 0.6 is 33.9 Å². The van der Waals surface area contributed by atoms with Crippen LogP contribution in [0, 0.1) is 9.81 Å². The Hall–Kier alpha value is -0.750. The zero-order valence-electron chi connectivity index (χ0n) is 10.7. The molecule has 1 aromatic heterocycles. The third-order valence-electron chi connectivity index (χ3n) is 3.62. The monoisotopic (exact) mass is 385 g/mol. The quantitative estimate of drug-likeness (QED) is 0.572. The number of hydrogen-bond donors (Lipinski definition) is 2. The second-order valence-electron chi connectivity index (χ2n) is 5.02. The Morgan fingerprint density at radius 3 is 3.00 bits per heavy atom. The molecule has 0 spiro atoms. The van der Waals surface area contributed by atoms with E-state index in [2.05, 4.69) is 34.0 Å². The molecule has 0 bridgehead atoms. The number of phenols is 1. The van der Waals surface area contributed by atoms with E-state index < -0.39 is 0 Å². The van der Waals surface area contributed by atoms with Crippen LogP contribution in [0.3, 0.4) is 0 Å². The first-order chi connectivity index (χ1) is 9.13. The fourth-order valence-corrected chi connectivity index (χ4v) is 4.74. The minimum absolute atomic E-state index is 0.361. The number of hydrogen-bond acceptors (Lipinski definition) is 3. The summed E-state index contributed by atoms with van der Waals surface area (Å²) in [4.78, 5) is 1.53. The molecule has 0 radical (unpaired) electrons. The first-order valence-electron chi connectivity index (χ1n) is 6.48. The van der Waals surface area contributed by atoms with Crippen molar-refractivity contribution in [2.45, 2.75) is 32.2 Å². The zero-order chi connectivity index (χ0) is 13.4. The van der Waals surface area contributed by atoms with Gasteiger partial charge in [0.25, 0.3) is 0 Å². The molecule has 4 heteroatoms. The molecule has 1 aliphatic rings. The molecule has 0 amide bonds.